The van der Waals surface area contributed by atoms with Crippen molar-refractivity contribution in [2.24, 2.45) is 0 Å². The number of imide groups is 1. The third-order valence-corrected chi connectivity index (χ3v) is 4.26. The van der Waals surface area contributed by atoms with Crippen LogP contribution in [0.4, 0.5) is 4.39 Å². The highest BCUT2D eigenvalue weighted by molar-refractivity contribution is 6.35. The number of hydrogen-bond acceptors (Lipinski definition) is 3. The van der Waals surface area contributed by atoms with Gasteiger partial charge in [0.15, 0.2) is 0 Å². The van der Waals surface area contributed by atoms with E-state index in [0.717, 1.165) is 32.4 Å². The topological polar surface area (TPSA) is 40.6 Å². The van der Waals surface area contributed by atoms with Crippen LogP contribution in [0.1, 0.15) is 24.8 Å². The minimum atomic E-state index is -0.367. The van der Waals surface area contributed by atoms with Gasteiger partial charge in [0.05, 0.1) is 5.57 Å². The first-order chi connectivity index (χ1) is 11.1. The minimum absolute atomic E-state index is 0.180. The molecule has 0 spiro atoms. The van der Waals surface area contributed by atoms with Gasteiger partial charge in [-0.1, -0.05) is 18.2 Å². The smallest absolute Gasteiger partial charge is 0.278 e. The first-order valence-electron chi connectivity index (χ1n) is 7.85. The number of benzene rings is 1. The monoisotopic (exact) mass is 314 g/mol. The molecule has 5 heteroatoms. The lowest BCUT2D eigenvalue weighted by atomic mass is 10.0. The number of halogens is 1. The lowest BCUT2D eigenvalue weighted by Crippen LogP contribution is -2.37. The SMILES string of the molecule is C=CCN1C(=O)C(c2ccc(F)cc2)=C(N2CCCCC2)C1=O. The summed E-state index contributed by atoms with van der Waals surface area (Å²) in [5.74, 6) is -0.980. The van der Waals surface area contributed by atoms with Crippen LogP contribution in [0, 0.1) is 5.82 Å². The van der Waals surface area contributed by atoms with Crippen LogP contribution in [0.15, 0.2) is 42.6 Å². The van der Waals surface area contributed by atoms with Gasteiger partial charge in [0, 0.05) is 19.6 Å². The Bertz CT molecular complexity index is 673. The van der Waals surface area contributed by atoms with Crippen LogP contribution < -0.4 is 0 Å². The van der Waals surface area contributed by atoms with Crippen molar-refractivity contribution >= 4 is 17.4 Å². The van der Waals surface area contributed by atoms with E-state index in [1.165, 1.54) is 23.1 Å². The molecule has 2 amide bonds. The fraction of sp³-hybridized carbons (Fsp3) is 0.333. The molecule has 0 aliphatic carbocycles. The molecule has 0 saturated carbocycles. The van der Waals surface area contributed by atoms with Gasteiger partial charge in [-0.25, -0.2) is 4.39 Å². The maximum atomic E-state index is 13.2. The van der Waals surface area contributed by atoms with Crippen molar-refractivity contribution in [1.82, 2.24) is 9.80 Å². The molecule has 0 bridgehead atoms. The number of piperidine rings is 1. The molecule has 0 aromatic heterocycles. The quantitative estimate of drug-likeness (QED) is 0.633. The van der Waals surface area contributed by atoms with Crippen LogP contribution in [0.3, 0.4) is 0 Å². The summed E-state index contributed by atoms with van der Waals surface area (Å²) >= 11 is 0. The van der Waals surface area contributed by atoms with Crippen LogP contribution in [0.25, 0.3) is 5.57 Å². The highest BCUT2D eigenvalue weighted by Crippen LogP contribution is 2.33. The Hall–Kier alpha value is -2.43. The maximum absolute atomic E-state index is 13.2. The molecule has 23 heavy (non-hydrogen) atoms. The second-order valence-electron chi connectivity index (χ2n) is 5.79. The zero-order valence-corrected chi connectivity index (χ0v) is 12.9. The van der Waals surface area contributed by atoms with Gasteiger partial charge in [-0.2, -0.15) is 0 Å². The largest absolute Gasteiger partial charge is 0.366 e. The molecule has 0 radical (unpaired) electrons. The fourth-order valence-electron chi connectivity index (χ4n) is 3.15. The summed E-state index contributed by atoms with van der Waals surface area (Å²) in [6.45, 7) is 5.32. The van der Waals surface area contributed by atoms with E-state index in [1.807, 2.05) is 4.90 Å². The number of likely N-dealkylation sites (tertiary alicyclic amines) is 1. The van der Waals surface area contributed by atoms with Crippen molar-refractivity contribution < 1.29 is 14.0 Å². The van der Waals surface area contributed by atoms with Crippen LogP contribution in [-0.4, -0.2) is 41.2 Å². The number of carbonyl (C=O) groups excluding carboxylic acids is 2. The summed E-state index contributed by atoms with van der Waals surface area (Å²) in [6.07, 6.45) is 4.68. The van der Waals surface area contributed by atoms with Crippen molar-refractivity contribution in [2.75, 3.05) is 19.6 Å². The number of carbonyl (C=O) groups is 2. The lowest BCUT2D eigenvalue weighted by molar-refractivity contribution is -0.136. The summed E-state index contributed by atoms with van der Waals surface area (Å²) in [5, 5.41) is 0. The van der Waals surface area contributed by atoms with Crippen molar-refractivity contribution in [3.8, 4) is 0 Å². The van der Waals surface area contributed by atoms with Gasteiger partial charge < -0.3 is 4.90 Å². The second-order valence-corrected chi connectivity index (χ2v) is 5.79. The second kappa shape index (κ2) is 6.36. The molecule has 1 aromatic carbocycles. The van der Waals surface area contributed by atoms with Crippen molar-refractivity contribution in [2.45, 2.75) is 19.3 Å². The summed E-state index contributed by atoms with van der Waals surface area (Å²) in [6, 6.07) is 5.72. The zero-order chi connectivity index (χ0) is 16.4. The molecule has 2 aliphatic rings. The Labute approximate surface area is 134 Å². The molecule has 0 atom stereocenters. The van der Waals surface area contributed by atoms with Gasteiger partial charge in [0.25, 0.3) is 11.8 Å². The van der Waals surface area contributed by atoms with E-state index >= 15 is 0 Å². The molecule has 1 saturated heterocycles. The Morgan fingerprint density at radius 2 is 1.70 bits per heavy atom. The Balaban J connectivity index is 2.07. The van der Waals surface area contributed by atoms with E-state index in [4.69, 9.17) is 0 Å². The summed E-state index contributed by atoms with van der Waals surface area (Å²) in [4.78, 5) is 28.7. The van der Waals surface area contributed by atoms with Crippen LogP contribution in [0.2, 0.25) is 0 Å². The Kier molecular flexibility index (Phi) is 4.28. The first kappa shape index (κ1) is 15.5. The number of hydrogen-bond donors (Lipinski definition) is 0. The summed E-state index contributed by atoms with van der Waals surface area (Å²) < 4.78 is 13.2. The van der Waals surface area contributed by atoms with Crippen molar-refractivity contribution in [1.29, 1.82) is 0 Å². The van der Waals surface area contributed by atoms with Crippen molar-refractivity contribution in [3.05, 3.63) is 54.0 Å². The molecule has 2 heterocycles. The Morgan fingerprint density at radius 1 is 1.04 bits per heavy atom. The van der Waals surface area contributed by atoms with E-state index in [0.29, 0.717) is 16.8 Å². The van der Waals surface area contributed by atoms with E-state index in [-0.39, 0.29) is 24.2 Å². The highest BCUT2D eigenvalue weighted by Gasteiger charge is 2.41. The molecule has 120 valence electrons. The van der Waals surface area contributed by atoms with Gasteiger partial charge in [-0.3, -0.25) is 14.5 Å². The molecule has 4 nitrogen and oxygen atoms in total. The van der Waals surface area contributed by atoms with E-state index in [1.54, 1.807) is 12.1 Å². The van der Waals surface area contributed by atoms with E-state index < -0.39 is 0 Å². The highest BCUT2D eigenvalue weighted by atomic mass is 19.1. The summed E-state index contributed by atoms with van der Waals surface area (Å²) in [5.41, 5.74) is 1.40. The van der Waals surface area contributed by atoms with Gasteiger partial charge in [-0.15, -0.1) is 6.58 Å². The van der Waals surface area contributed by atoms with Crippen LogP contribution in [-0.2, 0) is 9.59 Å². The molecule has 1 fully saturated rings. The van der Waals surface area contributed by atoms with Crippen molar-refractivity contribution in [3.63, 3.8) is 0 Å². The predicted octanol–water partition coefficient (Wildman–Crippen LogP) is 2.58. The normalized spacial score (nSPS) is 18.8. The van der Waals surface area contributed by atoms with Gasteiger partial charge in [0.2, 0.25) is 0 Å². The molecule has 1 aromatic rings. The molecule has 0 unspecified atom stereocenters. The number of amides is 2. The molecule has 3 rings (SSSR count). The maximum Gasteiger partial charge on any atom is 0.278 e. The van der Waals surface area contributed by atoms with Gasteiger partial charge in [0.1, 0.15) is 11.5 Å². The van der Waals surface area contributed by atoms with Gasteiger partial charge >= 0.3 is 0 Å². The fourth-order valence-corrected chi connectivity index (χ4v) is 3.15. The first-order valence-corrected chi connectivity index (χ1v) is 7.85. The predicted molar refractivity (Wildman–Crippen MR) is 85.7 cm³/mol. The zero-order valence-electron chi connectivity index (χ0n) is 12.9. The molecular weight excluding hydrogens is 295 g/mol. The lowest BCUT2D eigenvalue weighted by Gasteiger charge is -2.29. The average molecular weight is 314 g/mol. The van der Waals surface area contributed by atoms with Gasteiger partial charge in [-0.05, 0) is 37.0 Å². The molecule has 0 N–H and O–H groups in total. The summed E-state index contributed by atoms with van der Waals surface area (Å²) in [7, 11) is 0. The third kappa shape index (κ3) is 2.79. The standard InChI is InChI=1S/C18H19FN2O2/c1-2-10-21-17(22)15(13-6-8-14(19)9-7-13)16(18(21)23)20-11-4-3-5-12-20/h2,6-9H,1,3-5,10-12H2. The molecule has 2 aliphatic heterocycles. The van der Waals surface area contributed by atoms with Crippen LogP contribution in [0.5, 0.6) is 0 Å². The van der Waals surface area contributed by atoms with E-state index in [2.05, 4.69) is 6.58 Å². The Morgan fingerprint density at radius 3 is 2.30 bits per heavy atom. The van der Waals surface area contributed by atoms with E-state index in [9.17, 15) is 14.0 Å². The number of rotatable bonds is 4. The number of nitrogens with zero attached hydrogens (tertiary/aromatic N) is 2. The minimum Gasteiger partial charge on any atom is -0.366 e. The average Bonchev–Trinajstić information content (AvgIpc) is 2.81. The third-order valence-electron chi connectivity index (χ3n) is 4.26. The molecular formula is C18H19FN2O2. The van der Waals surface area contributed by atoms with Crippen LogP contribution >= 0.6 is 0 Å².